The standard InChI is InChI=1S/C23H23FN2O3/c24-19-2-1-3-20(13-19)26-23-25-14-21(29-23)18-10-8-17(9-11-18)16-6-4-15(5-7-16)12-22(27)28/h1-3,8-11,13-16H,4-7,12H2,(H,25,26)(H,27,28). The molecular formula is C23H23FN2O3. The van der Waals surface area contributed by atoms with Gasteiger partial charge in [-0.15, -0.1) is 0 Å². The molecule has 1 aromatic heterocycles. The Hall–Kier alpha value is -3.15. The topological polar surface area (TPSA) is 75.4 Å². The minimum atomic E-state index is -0.698. The minimum absolute atomic E-state index is 0.281. The smallest absolute Gasteiger partial charge is 0.303 e. The lowest BCUT2D eigenvalue weighted by Crippen LogP contribution is -2.16. The van der Waals surface area contributed by atoms with E-state index >= 15 is 0 Å². The van der Waals surface area contributed by atoms with Gasteiger partial charge in [-0.25, -0.2) is 9.37 Å². The van der Waals surface area contributed by atoms with Gasteiger partial charge in [0.1, 0.15) is 5.82 Å². The first-order valence-corrected chi connectivity index (χ1v) is 9.87. The molecule has 0 atom stereocenters. The zero-order valence-corrected chi connectivity index (χ0v) is 16.0. The zero-order chi connectivity index (χ0) is 20.2. The van der Waals surface area contributed by atoms with Crippen molar-refractivity contribution in [3.05, 3.63) is 66.1 Å². The molecule has 2 aromatic carbocycles. The number of oxazole rings is 1. The van der Waals surface area contributed by atoms with Crippen LogP contribution in [0.25, 0.3) is 11.3 Å². The molecule has 0 amide bonds. The summed E-state index contributed by atoms with van der Waals surface area (Å²) >= 11 is 0. The molecule has 1 saturated carbocycles. The fourth-order valence-corrected chi connectivity index (χ4v) is 4.02. The van der Waals surface area contributed by atoms with E-state index in [1.54, 1.807) is 18.3 Å². The molecule has 3 aromatic rings. The number of carboxylic acids is 1. The number of carbonyl (C=O) groups is 1. The van der Waals surface area contributed by atoms with Crippen LogP contribution in [0.5, 0.6) is 0 Å². The summed E-state index contributed by atoms with van der Waals surface area (Å²) in [4.78, 5) is 15.1. The second-order valence-corrected chi connectivity index (χ2v) is 7.60. The number of rotatable bonds is 6. The number of hydrogen-bond acceptors (Lipinski definition) is 4. The van der Waals surface area contributed by atoms with Crippen LogP contribution in [-0.4, -0.2) is 16.1 Å². The van der Waals surface area contributed by atoms with Crippen LogP contribution in [0, 0.1) is 11.7 Å². The number of aromatic nitrogens is 1. The summed E-state index contributed by atoms with van der Waals surface area (Å²) in [5.74, 6) is 0.404. The van der Waals surface area contributed by atoms with Gasteiger partial charge in [0.05, 0.1) is 6.20 Å². The van der Waals surface area contributed by atoms with Crippen molar-refractivity contribution in [2.45, 2.75) is 38.0 Å². The highest BCUT2D eigenvalue weighted by Gasteiger charge is 2.24. The average molecular weight is 394 g/mol. The van der Waals surface area contributed by atoms with Gasteiger partial charge in [-0.1, -0.05) is 30.3 Å². The predicted molar refractivity (Wildman–Crippen MR) is 109 cm³/mol. The summed E-state index contributed by atoms with van der Waals surface area (Å²) in [7, 11) is 0. The second-order valence-electron chi connectivity index (χ2n) is 7.60. The molecule has 1 heterocycles. The van der Waals surface area contributed by atoms with Crippen LogP contribution < -0.4 is 5.32 Å². The van der Waals surface area contributed by atoms with Crippen molar-refractivity contribution >= 4 is 17.7 Å². The van der Waals surface area contributed by atoms with E-state index in [4.69, 9.17) is 9.52 Å². The predicted octanol–water partition coefficient (Wildman–Crippen LogP) is 5.97. The molecule has 0 spiro atoms. The Morgan fingerprint density at radius 2 is 1.90 bits per heavy atom. The van der Waals surface area contributed by atoms with E-state index in [1.807, 2.05) is 12.1 Å². The van der Waals surface area contributed by atoms with Crippen molar-refractivity contribution in [1.29, 1.82) is 0 Å². The molecule has 0 unspecified atom stereocenters. The molecule has 0 bridgehead atoms. The summed E-state index contributed by atoms with van der Waals surface area (Å²) in [6.45, 7) is 0. The Morgan fingerprint density at radius 3 is 2.59 bits per heavy atom. The van der Waals surface area contributed by atoms with Gasteiger partial charge in [0.2, 0.25) is 0 Å². The molecule has 29 heavy (non-hydrogen) atoms. The van der Waals surface area contributed by atoms with Crippen molar-refractivity contribution in [1.82, 2.24) is 4.98 Å². The van der Waals surface area contributed by atoms with Crippen LogP contribution >= 0.6 is 0 Å². The lowest BCUT2D eigenvalue weighted by atomic mass is 9.77. The molecular weight excluding hydrogens is 371 g/mol. The van der Waals surface area contributed by atoms with E-state index in [1.165, 1.54) is 17.7 Å². The molecule has 0 saturated heterocycles. The summed E-state index contributed by atoms with van der Waals surface area (Å²) in [6, 6.07) is 14.7. The monoisotopic (exact) mass is 394 g/mol. The molecule has 2 N–H and O–H groups in total. The maximum atomic E-state index is 13.3. The molecule has 4 rings (SSSR count). The van der Waals surface area contributed by atoms with E-state index < -0.39 is 5.97 Å². The summed E-state index contributed by atoms with van der Waals surface area (Å²) in [6.07, 6.45) is 5.92. The highest BCUT2D eigenvalue weighted by molar-refractivity contribution is 5.67. The number of carboxylic acid groups (broad SMARTS) is 1. The summed E-state index contributed by atoms with van der Waals surface area (Å²) in [5, 5.41) is 11.9. The zero-order valence-electron chi connectivity index (χ0n) is 16.0. The molecule has 5 nitrogen and oxygen atoms in total. The first kappa shape index (κ1) is 19.2. The maximum Gasteiger partial charge on any atom is 0.303 e. The van der Waals surface area contributed by atoms with Gasteiger partial charge >= 0.3 is 5.97 Å². The van der Waals surface area contributed by atoms with Crippen molar-refractivity contribution in [2.24, 2.45) is 5.92 Å². The molecule has 1 fully saturated rings. The maximum absolute atomic E-state index is 13.3. The number of hydrogen-bond donors (Lipinski definition) is 2. The Kier molecular flexibility index (Phi) is 5.60. The third-order valence-corrected chi connectivity index (χ3v) is 5.56. The van der Waals surface area contributed by atoms with Crippen LogP contribution in [0.2, 0.25) is 0 Å². The fourth-order valence-electron chi connectivity index (χ4n) is 4.02. The lowest BCUT2D eigenvalue weighted by Gasteiger charge is -2.28. The Labute approximate surface area is 168 Å². The number of anilines is 2. The van der Waals surface area contributed by atoms with Crippen LogP contribution in [0.15, 0.2) is 59.1 Å². The Morgan fingerprint density at radius 1 is 1.14 bits per heavy atom. The SMILES string of the molecule is O=C(O)CC1CCC(c2ccc(-c3cnc(Nc4cccc(F)c4)o3)cc2)CC1. The quantitative estimate of drug-likeness (QED) is 0.538. The molecule has 0 aliphatic heterocycles. The molecule has 1 aliphatic rings. The van der Waals surface area contributed by atoms with E-state index in [-0.39, 0.29) is 12.2 Å². The first-order valence-electron chi connectivity index (χ1n) is 9.87. The van der Waals surface area contributed by atoms with Crippen molar-refractivity contribution < 1.29 is 18.7 Å². The van der Waals surface area contributed by atoms with Crippen molar-refractivity contribution in [3.63, 3.8) is 0 Å². The number of halogens is 1. The number of nitrogens with zero attached hydrogens (tertiary/aromatic N) is 1. The van der Waals surface area contributed by atoms with E-state index in [0.717, 1.165) is 31.2 Å². The third kappa shape index (κ3) is 4.83. The van der Waals surface area contributed by atoms with Crippen molar-refractivity contribution in [2.75, 3.05) is 5.32 Å². The molecule has 1 aliphatic carbocycles. The summed E-state index contributed by atoms with van der Waals surface area (Å²) in [5.41, 5.74) is 2.78. The van der Waals surface area contributed by atoms with E-state index in [0.29, 0.717) is 29.3 Å². The van der Waals surface area contributed by atoms with Crippen LogP contribution in [0.1, 0.15) is 43.6 Å². The highest BCUT2D eigenvalue weighted by atomic mass is 19.1. The van der Waals surface area contributed by atoms with Gasteiger partial charge in [-0.2, -0.15) is 0 Å². The minimum Gasteiger partial charge on any atom is -0.481 e. The van der Waals surface area contributed by atoms with Crippen LogP contribution in [0.4, 0.5) is 16.1 Å². The Bertz CT molecular complexity index is 976. The van der Waals surface area contributed by atoms with Gasteiger partial charge in [-0.3, -0.25) is 4.79 Å². The van der Waals surface area contributed by atoms with Gasteiger partial charge in [-0.05, 0) is 61.3 Å². The average Bonchev–Trinajstić information content (AvgIpc) is 3.17. The number of aliphatic carboxylic acids is 1. The lowest BCUT2D eigenvalue weighted by molar-refractivity contribution is -0.138. The number of nitrogens with one attached hydrogen (secondary N) is 1. The molecule has 150 valence electrons. The van der Waals surface area contributed by atoms with Gasteiger partial charge in [0.25, 0.3) is 6.01 Å². The van der Waals surface area contributed by atoms with Gasteiger partial charge < -0.3 is 14.8 Å². The van der Waals surface area contributed by atoms with Gasteiger partial charge in [0.15, 0.2) is 5.76 Å². The van der Waals surface area contributed by atoms with Crippen LogP contribution in [-0.2, 0) is 4.79 Å². The number of benzene rings is 2. The van der Waals surface area contributed by atoms with Crippen LogP contribution in [0.3, 0.4) is 0 Å². The summed E-state index contributed by atoms with van der Waals surface area (Å²) < 4.78 is 19.0. The van der Waals surface area contributed by atoms with Crippen molar-refractivity contribution in [3.8, 4) is 11.3 Å². The normalized spacial score (nSPS) is 19.1. The van der Waals surface area contributed by atoms with E-state index in [9.17, 15) is 9.18 Å². The molecule has 0 radical (unpaired) electrons. The third-order valence-electron chi connectivity index (χ3n) is 5.56. The fraction of sp³-hybridized carbons (Fsp3) is 0.304. The largest absolute Gasteiger partial charge is 0.481 e. The van der Waals surface area contributed by atoms with E-state index in [2.05, 4.69) is 22.4 Å². The first-order chi connectivity index (χ1) is 14.1. The molecule has 6 heteroatoms. The highest BCUT2D eigenvalue weighted by Crippen LogP contribution is 2.37. The Balaban J connectivity index is 1.38. The van der Waals surface area contributed by atoms with Gasteiger partial charge in [0, 0.05) is 17.7 Å². The second kappa shape index (κ2) is 8.47.